The van der Waals surface area contributed by atoms with Crippen molar-refractivity contribution in [1.82, 2.24) is 9.88 Å². The Kier molecular flexibility index (Phi) is 6.39. The van der Waals surface area contributed by atoms with E-state index in [2.05, 4.69) is 36.0 Å². The average molecular weight is 383 g/mol. The van der Waals surface area contributed by atoms with E-state index in [0.29, 0.717) is 30.5 Å². The average Bonchev–Trinajstić information content (AvgIpc) is 2.67. The molecule has 28 heavy (non-hydrogen) atoms. The molecule has 0 unspecified atom stereocenters. The number of carbonyl (C=O) groups excluding carboxylic acids is 1. The second-order valence-electron chi connectivity index (χ2n) is 7.76. The Hall–Kier alpha value is -2.76. The number of anilines is 2. The zero-order valence-corrected chi connectivity index (χ0v) is 17.2. The standard InChI is InChI=1S/C22H30N4O2/c1-16(2)15-28-20-10-6-5-9-19(20)24-22(27)26-13-12-25(14-18(26)4)21-11-7-8-17(3)23-21/h5-11,16,18H,12-15H2,1-4H3,(H,24,27)/t18-/m0/s1. The molecule has 1 N–H and O–H groups in total. The van der Waals surface area contributed by atoms with Crippen LogP contribution in [0.4, 0.5) is 16.3 Å². The summed E-state index contributed by atoms with van der Waals surface area (Å²) in [4.78, 5) is 21.6. The van der Waals surface area contributed by atoms with Crippen molar-refractivity contribution < 1.29 is 9.53 Å². The monoisotopic (exact) mass is 382 g/mol. The van der Waals surface area contributed by atoms with E-state index in [1.54, 1.807) is 0 Å². The lowest BCUT2D eigenvalue weighted by atomic mass is 10.2. The minimum absolute atomic E-state index is 0.0832. The summed E-state index contributed by atoms with van der Waals surface area (Å²) in [6.45, 7) is 11.1. The molecule has 2 heterocycles. The highest BCUT2D eigenvalue weighted by Crippen LogP contribution is 2.25. The number of para-hydroxylation sites is 2. The molecule has 2 amide bonds. The highest BCUT2D eigenvalue weighted by Gasteiger charge is 2.28. The lowest BCUT2D eigenvalue weighted by Gasteiger charge is -2.40. The first kappa shape index (κ1) is 20.0. The molecule has 0 saturated carbocycles. The number of aryl methyl sites for hydroxylation is 1. The number of ether oxygens (including phenoxy) is 1. The molecule has 1 aromatic heterocycles. The van der Waals surface area contributed by atoms with Gasteiger partial charge in [-0.2, -0.15) is 0 Å². The normalized spacial score (nSPS) is 17.0. The SMILES string of the molecule is Cc1cccc(N2CCN(C(=O)Nc3ccccc3OCC(C)C)[C@@H](C)C2)n1. The highest BCUT2D eigenvalue weighted by atomic mass is 16.5. The van der Waals surface area contributed by atoms with Gasteiger partial charge in [0.2, 0.25) is 0 Å². The number of hydrogen-bond acceptors (Lipinski definition) is 4. The first-order chi connectivity index (χ1) is 13.4. The van der Waals surface area contributed by atoms with E-state index in [1.807, 2.05) is 54.3 Å². The molecule has 0 radical (unpaired) electrons. The minimum atomic E-state index is -0.0926. The maximum Gasteiger partial charge on any atom is 0.322 e. The first-order valence-corrected chi connectivity index (χ1v) is 9.92. The fourth-order valence-electron chi connectivity index (χ4n) is 3.31. The molecule has 3 rings (SSSR count). The third-order valence-corrected chi connectivity index (χ3v) is 4.79. The molecule has 1 aromatic carbocycles. The van der Waals surface area contributed by atoms with Gasteiger partial charge < -0.3 is 19.9 Å². The largest absolute Gasteiger partial charge is 0.491 e. The van der Waals surface area contributed by atoms with Crippen molar-refractivity contribution in [3.8, 4) is 5.75 Å². The Labute approximate surface area is 167 Å². The molecule has 0 bridgehead atoms. The number of benzene rings is 1. The number of amides is 2. The summed E-state index contributed by atoms with van der Waals surface area (Å²) in [6.07, 6.45) is 0. The summed E-state index contributed by atoms with van der Waals surface area (Å²) in [5, 5.41) is 3.03. The summed E-state index contributed by atoms with van der Waals surface area (Å²) >= 11 is 0. The minimum Gasteiger partial charge on any atom is -0.491 e. The van der Waals surface area contributed by atoms with Gasteiger partial charge >= 0.3 is 6.03 Å². The summed E-state index contributed by atoms with van der Waals surface area (Å²) in [6, 6.07) is 13.6. The summed E-state index contributed by atoms with van der Waals surface area (Å²) < 4.78 is 5.85. The van der Waals surface area contributed by atoms with Gasteiger partial charge in [-0.3, -0.25) is 0 Å². The van der Waals surface area contributed by atoms with Crippen molar-refractivity contribution in [1.29, 1.82) is 0 Å². The molecule has 1 fully saturated rings. The van der Waals surface area contributed by atoms with E-state index in [1.165, 1.54) is 0 Å². The number of aromatic nitrogens is 1. The maximum atomic E-state index is 12.9. The van der Waals surface area contributed by atoms with Crippen LogP contribution in [0, 0.1) is 12.8 Å². The van der Waals surface area contributed by atoms with E-state index in [-0.39, 0.29) is 12.1 Å². The van der Waals surface area contributed by atoms with Crippen LogP contribution in [0.25, 0.3) is 0 Å². The van der Waals surface area contributed by atoms with Crippen LogP contribution in [0.3, 0.4) is 0 Å². The second kappa shape index (κ2) is 8.95. The zero-order chi connectivity index (χ0) is 20.1. The Morgan fingerprint density at radius 1 is 1.21 bits per heavy atom. The van der Waals surface area contributed by atoms with Gasteiger partial charge in [0.1, 0.15) is 11.6 Å². The summed E-state index contributed by atoms with van der Waals surface area (Å²) in [5.74, 6) is 2.10. The van der Waals surface area contributed by atoms with Crippen LogP contribution in [0.2, 0.25) is 0 Å². The fraction of sp³-hybridized carbons (Fsp3) is 0.455. The van der Waals surface area contributed by atoms with Gasteiger partial charge in [0, 0.05) is 31.4 Å². The van der Waals surface area contributed by atoms with E-state index in [0.717, 1.165) is 24.6 Å². The lowest BCUT2D eigenvalue weighted by molar-refractivity contribution is 0.184. The molecule has 1 aliphatic rings. The van der Waals surface area contributed by atoms with Gasteiger partial charge in [-0.05, 0) is 44.0 Å². The van der Waals surface area contributed by atoms with Crippen molar-refractivity contribution in [2.45, 2.75) is 33.7 Å². The quantitative estimate of drug-likeness (QED) is 0.843. The Balaban J connectivity index is 1.63. The number of hydrogen-bond donors (Lipinski definition) is 1. The lowest BCUT2D eigenvalue weighted by Crippen LogP contribution is -2.55. The van der Waals surface area contributed by atoms with Crippen LogP contribution in [0.1, 0.15) is 26.5 Å². The van der Waals surface area contributed by atoms with E-state index in [4.69, 9.17) is 4.74 Å². The van der Waals surface area contributed by atoms with Crippen LogP contribution < -0.4 is 15.0 Å². The van der Waals surface area contributed by atoms with Crippen LogP contribution >= 0.6 is 0 Å². The zero-order valence-electron chi connectivity index (χ0n) is 17.2. The van der Waals surface area contributed by atoms with Gasteiger partial charge in [0.05, 0.1) is 12.3 Å². The van der Waals surface area contributed by atoms with E-state index < -0.39 is 0 Å². The molecule has 0 spiro atoms. The molecule has 6 nitrogen and oxygen atoms in total. The Morgan fingerprint density at radius 3 is 2.71 bits per heavy atom. The maximum absolute atomic E-state index is 12.9. The number of nitrogens with zero attached hydrogens (tertiary/aromatic N) is 3. The van der Waals surface area contributed by atoms with Crippen LogP contribution in [-0.2, 0) is 0 Å². The Bertz CT molecular complexity index is 809. The van der Waals surface area contributed by atoms with Crippen molar-refractivity contribution in [2.75, 3.05) is 36.5 Å². The topological polar surface area (TPSA) is 57.7 Å². The first-order valence-electron chi connectivity index (χ1n) is 9.92. The fourth-order valence-corrected chi connectivity index (χ4v) is 3.31. The van der Waals surface area contributed by atoms with E-state index >= 15 is 0 Å². The van der Waals surface area contributed by atoms with Gasteiger partial charge in [-0.1, -0.05) is 32.0 Å². The smallest absolute Gasteiger partial charge is 0.322 e. The summed E-state index contributed by atoms with van der Waals surface area (Å²) in [7, 11) is 0. The molecule has 1 atom stereocenters. The second-order valence-corrected chi connectivity index (χ2v) is 7.76. The van der Waals surface area contributed by atoms with Crippen LogP contribution in [-0.4, -0.2) is 48.2 Å². The van der Waals surface area contributed by atoms with Crippen molar-refractivity contribution in [2.24, 2.45) is 5.92 Å². The predicted octanol–water partition coefficient (Wildman–Crippen LogP) is 4.17. The number of urea groups is 1. The van der Waals surface area contributed by atoms with Crippen LogP contribution in [0.15, 0.2) is 42.5 Å². The molecule has 1 saturated heterocycles. The van der Waals surface area contributed by atoms with Gasteiger partial charge in [0.15, 0.2) is 0 Å². The van der Waals surface area contributed by atoms with Crippen molar-refractivity contribution in [3.63, 3.8) is 0 Å². The van der Waals surface area contributed by atoms with Crippen molar-refractivity contribution in [3.05, 3.63) is 48.2 Å². The number of rotatable bonds is 5. The van der Waals surface area contributed by atoms with Crippen LogP contribution in [0.5, 0.6) is 5.75 Å². The van der Waals surface area contributed by atoms with E-state index in [9.17, 15) is 4.79 Å². The number of piperazine rings is 1. The predicted molar refractivity (Wildman–Crippen MR) is 113 cm³/mol. The molecule has 2 aromatic rings. The third-order valence-electron chi connectivity index (χ3n) is 4.79. The third kappa shape index (κ3) is 4.94. The number of nitrogens with one attached hydrogen (secondary N) is 1. The molecular formula is C22H30N4O2. The molecule has 0 aliphatic carbocycles. The molecule has 150 valence electrons. The van der Waals surface area contributed by atoms with Gasteiger partial charge in [-0.15, -0.1) is 0 Å². The number of carbonyl (C=O) groups is 1. The van der Waals surface area contributed by atoms with Gasteiger partial charge in [0.25, 0.3) is 0 Å². The highest BCUT2D eigenvalue weighted by molar-refractivity contribution is 5.91. The molecule has 6 heteroatoms. The summed E-state index contributed by atoms with van der Waals surface area (Å²) in [5.41, 5.74) is 1.71. The number of pyridine rings is 1. The molecular weight excluding hydrogens is 352 g/mol. The molecule has 1 aliphatic heterocycles. The Morgan fingerprint density at radius 2 is 2.00 bits per heavy atom. The van der Waals surface area contributed by atoms with Gasteiger partial charge in [-0.25, -0.2) is 9.78 Å². The van der Waals surface area contributed by atoms with Crippen molar-refractivity contribution >= 4 is 17.5 Å².